The summed E-state index contributed by atoms with van der Waals surface area (Å²) in [5.74, 6) is 0.101. The number of carbonyl (C=O) groups excluding carboxylic acids is 1. The first-order valence-electron chi connectivity index (χ1n) is 7.25. The monoisotopic (exact) mass is 346 g/mol. The Labute approximate surface area is 135 Å². The number of amides is 1. The van der Waals surface area contributed by atoms with Crippen LogP contribution in [0.2, 0.25) is 0 Å². The summed E-state index contributed by atoms with van der Waals surface area (Å²) in [6.07, 6.45) is 2.19. The highest BCUT2D eigenvalue weighted by molar-refractivity contribution is 7.91. The molecule has 124 valence electrons. The number of aromatic nitrogens is 1. The molecule has 1 saturated heterocycles. The van der Waals surface area contributed by atoms with Gasteiger partial charge in [-0.2, -0.15) is 4.31 Å². The van der Waals surface area contributed by atoms with Gasteiger partial charge in [-0.15, -0.1) is 0 Å². The van der Waals surface area contributed by atoms with Crippen molar-refractivity contribution in [3.63, 3.8) is 0 Å². The zero-order valence-corrected chi connectivity index (χ0v) is 14.7. The van der Waals surface area contributed by atoms with Gasteiger partial charge in [0.2, 0.25) is 5.91 Å². The van der Waals surface area contributed by atoms with Crippen LogP contribution in [0.1, 0.15) is 20.3 Å². The number of sulfonamides is 1. The van der Waals surface area contributed by atoms with Crippen LogP contribution in [0, 0.1) is 5.92 Å². The molecular formula is C13H22N4O3S2. The summed E-state index contributed by atoms with van der Waals surface area (Å²) in [6.45, 7) is 6.40. The maximum Gasteiger partial charge on any atom is 0.254 e. The van der Waals surface area contributed by atoms with Gasteiger partial charge in [0.05, 0.1) is 6.20 Å². The molecule has 1 aromatic heterocycles. The predicted molar refractivity (Wildman–Crippen MR) is 86.5 cm³/mol. The maximum absolute atomic E-state index is 12.6. The largest absolute Gasteiger partial charge is 0.306 e. The zero-order valence-electron chi connectivity index (χ0n) is 13.1. The van der Waals surface area contributed by atoms with Crippen LogP contribution >= 0.6 is 11.3 Å². The lowest BCUT2D eigenvalue weighted by atomic mass is 10.1. The van der Waals surface area contributed by atoms with E-state index in [2.05, 4.69) is 22.1 Å². The summed E-state index contributed by atoms with van der Waals surface area (Å²) in [5, 5.41) is 2.82. The molecule has 0 radical (unpaired) electrons. The fourth-order valence-electron chi connectivity index (χ4n) is 2.45. The molecular weight excluding hydrogens is 324 g/mol. The van der Waals surface area contributed by atoms with Crippen molar-refractivity contribution in [2.45, 2.75) is 24.5 Å². The Kier molecular flexibility index (Phi) is 5.54. The van der Waals surface area contributed by atoms with E-state index in [1.165, 1.54) is 17.4 Å². The molecule has 1 amide bonds. The van der Waals surface area contributed by atoms with Crippen LogP contribution in [0.5, 0.6) is 0 Å². The van der Waals surface area contributed by atoms with Crippen molar-refractivity contribution in [2.24, 2.45) is 5.92 Å². The third kappa shape index (κ3) is 4.03. The molecule has 0 bridgehead atoms. The first-order valence-corrected chi connectivity index (χ1v) is 9.50. The van der Waals surface area contributed by atoms with Gasteiger partial charge in [0.15, 0.2) is 9.34 Å². The zero-order chi connectivity index (χ0) is 16.3. The van der Waals surface area contributed by atoms with Crippen LogP contribution in [0.25, 0.3) is 0 Å². The van der Waals surface area contributed by atoms with Crippen molar-refractivity contribution in [1.29, 1.82) is 0 Å². The van der Waals surface area contributed by atoms with E-state index < -0.39 is 10.0 Å². The van der Waals surface area contributed by atoms with Gasteiger partial charge in [0.1, 0.15) is 0 Å². The average molecular weight is 346 g/mol. The fourth-order valence-corrected chi connectivity index (χ4v) is 5.21. The van der Waals surface area contributed by atoms with E-state index in [0.717, 1.165) is 30.8 Å². The summed E-state index contributed by atoms with van der Waals surface area (Å²) in [5.41, 5.74) is 0. The number of hydrogen-bond acceptors (Lipinski definition) is 6. The average Bonchev–Trinajstić information content (AvgIpc) is 3.07. The number of anilines is 1. The minimum atomic E-state index is -3.51. The van der Waals surface area contributed by atoms with Gasteiger partial charge in [-0.1, -0.05) is 18.3 Å². The van der Waals surface area contributed by atoms with Gasteiger partial charge in [-0.05, 0) is 25.9 Å². The second kappa shape index (κ2) is 7.03. The van der Waals surface area contributed by atoms with Gasteiger partial charge in [0.25, 0.3) is 10.0 Å². The van der Waals surface area contributed by atoms with E-state index in [-0.39, 0.29) is 10.1 Å². The number of carbonyl (C=O) groups is 1. The van der Waals surface area contributed by atoms with E-state index in [4.69, 9.17) is 0 Å². The second-order valence-corrected chi connectivity index (χ2v) is 8.73. The van der Waals surface area contributed by atoms with Crippen LogP contribution in [-0.2, 0) is 14.8 Å². The standard InChI is InChI=1S/C13H22N4O3S2/c1-4-16(3)8-11-5-6-17(9-11)22(19,20)12-7-14-13(21-12)15-10(2)18/h7,11H,4-6,8-9H2,1-3H3,(H,14,15,18)/t11-/m1/s1. The van der Waals surface area contributed by atoms with E-state index in [1.54, 1.807) is 0 Å². The maximum atomic E-state index is 12.6. The third-order valence-corrected chi connectivity index (χ3v) is 6.93. The molecule has 0 unspecified atom stereocenters. The van der Waals surface area contributed by atoms with Gasteiger partial charge in [0, 0.05) is 26.6 Å². The van der Waals surface area contributed by atoms with Gasteiger partial charge in [-0.3, -0.25) is 4.79 Å². The minimum Gasteiger partial charge on any atom is -0.306 e. The first-order chi connectivity index (χ1) is 10.3. The lowest BCUT2D eigenvalue weighted by Crippen LogP contribution is -2.31. The first kappa shape index (κ1) is 17.3. The van der Waals surface area contributed by atoms with Crippen molar-refractivity contribution >= 4 is 32.4 Å². The van der Waals surface area contributed by atoms with E-state index in [1.807, 2.05) is 7.05 Å². The molecule has 1 N–H and O–H groups in total. The van der Waals surface area contributed by atoms with Crippen molar-refractivity contribution in [3.8, 4) is 0 Å². The topological polar surface area (TPSA) is 82.6 Å². The summed E-state index contributed by atoms with van der Waals surface area (Å²) in [6, 6.07) is 0. The SMILES string of the molecule is CCN(C)C[C@H]1CCN(S(=O)(=O)c2cnc(NC(C)=O)s2)C1. The van der Waals surface area contributed by atoms with Crippen LogP contribution in [0.15, 0.2) is 10.4 Å². The van der Waals surface area contributed by atoms with Crippen molar-refractivity contribution < 1.29 is 13.2 Å². The van der Waals surface area contributed by atoms with Crippen LogP contribution in [-0.4, -0.2) is 61.7 Å². The molecule has 9 heteroatoms. The Balaban J connectivity index is 2.05. The number of nitrogens with zero attached hydrogens (tertiary/aromatic N) is 3. The molecule has 7 nitrogen and oxygen atoms in total. The lowest BCUT2D eigenvalue weighted by molar-refractivity contribution is -0.114. The van der Waals surface area contributed by atoms with E-state index in [9.17, 15) is 13.2 Å². The molecule has 0 aromatic carbocycles. The number of thiazole rings is 1. The quantitative estimate of drug-likeness (QED) is 0.833. The van der Waals surface area contributed by atoms with Crippen LogP contribution in [0.4, 0.5) is 5.13 Å². The molecule has 1 aliphatic rings. The van der Waals surface area contributed by atoms with Crippen LogP contribution < -0.4 is 5.32 Å². The highest BCUT2D eigenvalue weighted by Gasteiger charge is 2.34. The van der Waals surface area contributed by atoms with Gasteiger partial charge < -0.3 is 10.2 Å². The Morgan fingerprint density at radius 1 is 1.59 bits per heavy atom. The Morgan fingerprint density at radius 2 is 2.32 bits per heavy atom. The molecule has 0 aliphatic carbocycles. The van der Waals surface area contributed by atoms with E-state index >= 15 is 0 Å². The third-order valence-electron chi connectivity index (χ3n) is 3.72. The molecule has 1 aliphatic heterocycles. The number of rotatable bonds is 6. The van der Waals surface area contributed by atoms with E-state index in [0.29, 0.717) is 24.1 Å². The highest BCUT2D eigenvalue weighted by Crippen LogP contribution is 2.29. The summed E-state index contributed by atoms with van der Waals surface area (Å²) in [7, 11) is -1.47. The Bertz CT molecular complexity index is 629. The molecule has 2 heterocycles. The highest BCUT2D eigenvalue weighted by atomic mass is 32.2. The molecule has 22 heavy (non-hydrogen) atoms. The normalized spacial score (nSPS) is 19.7. The Hall–Kier alpha value is -1.03. The van der Waals surface area contributed by atoms with Crippen molar-refractivity contribution in [1.82, 2.24) is 14.2 Å². The number of hydrogen-bond donors (Lipinski definition) is 1. The second-order valence-electron chi connectivity index (χ2n) is 5.54. The lowest BCUT2D eigenvalue weighted by Gasteiger charge is -2.19. The fraction of sp³-hybridized carbons (Fsp3) is 0.692. The van der Waals surface area contributed by atoms with Crippen LogP contribution in [0.3, 0.4) is 0 Å². The van der Waals surface area contributed by atoms with Gasteiger partial charge in [-0.25, -0.2) is 13.4 Å². The van der Waals surface area contributed by atoms with Crippen molar-refractivity contribution in [3.05, 3.63) is 6.20 Å². The summed E-state index contributed by atoms with van der Waals surface area (Å²) >= 11 is 0.992. The molecule has 0 spiro atoms. The minimum absolute atomic E-state index is 0.181. The summed E-state index contributed by atoms with van der Waals surface area (Å²) < 4.78 is 26.9. The van der Waals surface area contributed by atoms with Crippen molar-refractivity contribution in [2.75, 3.05) is 38.5 Å². The molecule has 0 saturated carbocycles. The predicted octanol–water partition coefficient (Wildman–Crippen LogP) is 1.06. The smallest absolute Gasteiger partial charge is 0.254 e. The molecule has 1 fully saturated rings. The Morgan fingerprint density at radius 3 is 2.95 bits per heavy atom. The molecule has 1 atom stereocenters. The molecule has 2 rings (SSSR count). The summed E-state index contributed by atoms with van der Waals surface area (Å²) in [4.78, 5) is 17.1. The number of nitrogens with one attached hydrogen (secondary N) is 1. The molecule has 1 aromatic rings. The van der Waals surface area contributed by atoms with Gasteiger partial charge >= 0.3 is 0 Å².